The van der Waals surface area contributed by atoms with E-state index in [4.69, 9.17) is 15.5 Å². The third-order valence-corrected chi connectivity index (χ3v) is 3.47. The smallest absolute Gasteiger partial charge is 0.131 e. The van der Waals surface area contributed by atoms with Gasteiger partial charge in [-0.05, 0) is 24.5 Å². The molecule has 2 N–H and O–H groups in total. The van der Waals surface area contributed by atoms with Gasteiger partial charge in [0.1, 0.15) is 23.1 Å². The number of ether oxygens (including phenoxy) is 1. The van der Waals surface area contributed by atoms with Gasteiger partial charge in [-0.15, -0.1) is 0 Å². The molecule has 1 aromatic heterocycles. The molecular weight excluding hydrogens is 262 g/mol. The summed E-state index contributed by atoms with van der Waals surface area (Å²) in [6.07, 6.45) is 1.99. The van der Waals surface area contributed by atoms with Gasteiger partial charge in [0.25, 0.3) is 0 Å². The number of hydrogen-bond acceptors (Lipinski definition) is 3. The number of aryl methyl sites for hydroxylation is 1. The largest absolute Gasteiger partial charge is 0.496 e. The molecule has 1 heterocycles. The van der Waals surface area contributed by atoms with Crippen LogP contribution in [0.15, 0.2) is 24.3 Å². The van der Waals surface area contributed by atoms with Crippen LogP contribution in [0.4, 0.5) is 5.82 Å². The van der Waals surface area contributed by atoms with Crippen LogP contribution in [0.25, 0.3) is 11.3 Å². The Balaban J connectivity index is 2.54. The minimum Gasteiger partial charge on any atom is -0.496 e. The highest BCUT2D eigenvalue weighted by Crippen LogP contribution is 2.34. The fraction of sp³-hybridized carbons (Fsp3) is 0.471. The number of benzene rings is 1. The second-order valence-corrected chi connectivity index (χ2v) is 5.72. The van der Waals surface area contributed by atoms with Gasteiger partial charge in [0.15, 0.2) is 0 Å². The highest BCUT2D eigenvalue weighted by Gasteiger charge is 2.18. The molecule has 0 fully saturated rings. The molecule has 0 unspecified atom stereocenters. The van der Waals surface area contributed by atoms with Gasteiger partial charge < -0.3 is 15.0 Å². The van der Waals surface area contributed by atoms with Crippen molar-refractivity contribution in [2.75, 3.05) is 12.8 Å². The summed E-state index contributed by atoms with van der Waals surface area (Å²) in [5.74, 6) is 3.13. The molecule has 21 heavy (non-hydrogen) atoms. The van der Waals surface area contributed by atoms with E-state index in [0.29, 0.717) is 5.92 Å². The maximum Gasteiger partial charge on any atom is 0.131 e. The van der Waals surface area contributed by atoms with Crippen LogP contribution in [-0.2, 0) is 13.0 Å². The summed E-state index contributed by atoms with van der Waals surface area (Å²) < 4.78 is 7.59. The summed E-state index contributed by atoms with van der Waals surface area (Å²) in [5.41, 5.74) is 8.17. The Kier molecular flexibility index (Phi) is 4.89. The second-order valence-electron chi connectivity index (χ2n) is 5.72. The highest BCUT2D eigenvalue weighted by molar-refractivity contribution is 5.76. The average Bonchev–Trinajstić information content (AvgIpc) is 2.76. The van der Waals surface area contributed by atoms with E-state index in [1.54, 1.807) is 7.11 Å². The molecule has 0 spiro atoms. The fourth-order valence-corrected chi connectivity index (χ4v) is 2.54. The van der Waals surface area contributed by atoms with Gasteiger partial charge in [-0.2, -0.15) is 0 Å². The van der Waals surface area contributed by atoms with Crippen LogP contribution in [0.1, 0.15) is 33.0 Å². The standard InChI is InChI=1S/C17H25N3O/c1-5-8-15-19-16(17(18)20(15)11-12(2)3)13-9-6-7-10-14(13)21-4/h6-7,9-10,12H,5,8,11,18H2,1-4H3. The van der Waals surface area contributed by atoms with Crippen LogP contribution >= 0.6 is 0 Å². The van der Waals surface area contributed by atoms with E-state index in [-0.39, 0.29) is 0 Å². The van der Waals surface area contributed by atoms with Crippen molar-refractivity contribution in [1.82, 2.24) is 9.55 Å². The number of aromatic nitrogens is 2. The topological polar surface area (TPSA) is 53.1 Å². The monoisotopic (exact) mass is 287 g/mol. The lowest BCUT2D eigenvalue weighted by molar-refractivity contribution is 0.416. The van der Waals surface area contributed by atoms with E-state index < -0.39 is 0 Å². The van der Waals surface area contributed by atoms with Gasteiger partial charge in [-0.1, -0.05) is 32.9 Å². The first-order chi connectivity index (χ1) is 10.1. The van der Waals surface area contributed by atoms with Crippen molar-refractivity contribution in [2.45, 2.75) is 40.2 Å². The number of nitrogens with zero attached hydrogens (tertiary/aromatic N) is 2. The van der Waals surface area contributed by atoms with E-state index >= 15 is 0 Å². The minimum atomic E-state index is 0.530. The Morgan fingerprint density at radius 3 is 2.62 bits per heavy atom. The van der Waals surface area contributed by atoms with Crippen molar-refractivity contribution >= 4 is 5.82 Å². The quantitative estimate of drug-likeness (QED) is 0.880. The maximum atomic E-state index is 6.38. The van der Waals surface area contributed by atoms with Gasteiger partial charge in [0.2, 0.25) is 0 Å². The Morgan fingerprint density at radius 1 is 1.29 bits per heavy atom. The number of nitrogens with two attached hydrogens (primary N) is 1. The Bertz CT molecular complexity index is 602. The first-order valence-corrected chi connectivity index (χ1v) is 7.56. The molecule has 0 aliphatic carbocycles. The SMILES string of the molecule is CCCc1nc(-c2ccccc2OC)c(N)n1CC(C)C. The van der Waals surface area contributed by atoms with Crippen LogP contribution in [0, 0.1) is 5.92 Å². The van der Waals surface area contributed by atoms with Gasteiger partial charge in [0, 0.05) is 18.5 Å². The third-order valence-electron chi connectivity index (χ3n) is 3.47. The molecule has 0 saturated carbocycles. The minimum absolute atomic E-state index is 0.530. The molecule has 0 amide bonds. The van der Waals surface area contributed by atoms with E-state index in [2.05, 4.69) is 25.3 Å². The maximum absolute atomic E-state index is 6.38. The number of hydrogen-bond donors (Lipinski definition) is 1. The summed E-state index contributed by atoms with van der Waals surface area (Å²) in [4.78, 5) is 4.79. The molecule has 2 rings (SSSR count). The lowest BCUT2D eigenvalue weighted by Crippen LogP contribution is -2.11. The molecule has 1 aromatic carbocycles. The number of para-hydroxylation sites is 1. The molecular formula is C17H25N3O. The van der Waals surface area contributed by atoms with Crippen LogP contribution in [0.3, 0.4) is 0 Å². The molecule has 0 atom stereocenters. The van der Waals surface area contributed by atoms with Crippen molar-refractivity contribution in [3.8, 4) is 17.0 Å². The summed E-state index contributed by atoms with van der Waals surface area (Å²) in [7, 11) is 1.67. The van der Waals surface area contributed by atoms with E-state index in [9.17, 15) is 0 Å². The predicted octanol–water partition coefficient (Wildman–Crippen LogP) is 3.75. The summed E-state index contributed by atoms with van der Waals surface area (Å²) in [5, 5.41) is 0. The second kappa shape index (κ2) is 6.66. The number of nitrogen functional groups attached to an aromatic ring is 1. The van der Waals surface area contributed by atoms with Gasteiger partial charge in [-0.25, -0.2) is 4.98 Å². The van der Waals surface area contributed by atoms with Crippen molar-refractivity contribution in [3.05, 3.63) is 30.1 Å². The van der Waals surface area contributed by atoms with Crippen molar-refractivity contribution in [3.63, 3.8) is 0 Å². The first-order valence-electron chi connectivity index (χ1n) is 7.56. The van der Waals surface area contributed by atoms with Crippen LogP contribution < -0.4 is 10.5 Å². The number of methoxy groups -OCH3 is 1. The normalized spacial score (nSPS) is 11.1. The molecule has 0 saturated heterocycles. The molecule has 0 aliphatic rings. The van der Waals surface area contributed by atoms with Crippen molar-refractivity contribution in [2.24, 2.45) is 5.92 Å². The molecule has 0 radical (unpaired) electrons. The zero-order valence-electron chi connectivity index (χ0n) is 13.4. The average molecular weight is 287 g/mol. The van der Waals surface area contributed by atoms with Crippen LogP contribution in [-0.4, -0.2) is 16.7 Å². The Morgan fingerprint density at radius 2 is 2.00 bits per heavy atom. The van der Waals surface area contributed by atoms with Gasteiger partial charge in [0.05, 0.1) is 7.11 Å². The van der Waals surface area contributed by atoms with E-state index in [0.717, 1.165) is 48.0 Å². The van der Waals surface area contributed by atoms with E-state index in [1.165, 1.54) is 0 Å². The Labute approximate surface area is 127 Å². The van der Waals surface area contributed by atoms with Crippen LogP contribution in [0.5, 0.6) is 5.75 Å². The fourth-order valence-electron chi connectivity index (χ4n) is 2.54. The Hall–Kier alpha value is -1.97. The van der Waals surface area contributed by atoms with Gasteiger partial charge in [-0.3, -0.25) is 0 Å². The zero-order chi connectivity index (χ0) is 15.4. The zero-order valence-corrected chi connectivity index (χ0v) is 13.4. The van der Waals surface area contributed by atoms with Crippen LogP contribution in [0.2, 0.25) is 0 Å². The van der Waals surface area contributed by atoms with E-state index in [1.807, 2.05) is 24.3 Å². The highest BCUT2D eigenvalue weighted by atomic mass is 16.5. The van der Waals surface area contributed by atoms with Crippen molar-refractivity contribution < 1.29 is 4.74 Å². The lowest BCUT2D eigenvalue weighted by Gasteiger charge is -2.12. The third kappa shape index (κ3) is 3.20. The summed E-state index contributed by atoms with van der Waals surface area (Å²) >= 11 is 0. The summed E-state index contributed by atoms with van der Waals surface area (Å²) in [6.45, 7) is 7.44. The molecule has 0 aliphatic heterocycles. The number of rotatable bonds is 6. The molecule has 4 heteroatoms. The number of anilines is 1. The molecule has 2 aromatic rings. The number of imidazole rings is 1. The first kappa shape index (κ1) is 15.4. The van der Waals surface area contributed by atoms with Crippen molar-refractivity contribution in [1.29, 1.82) is 0 Å². The predicted molar refractivity (Wildman–Crippen MR) is 87.5 cm³/mol. The lowest BCUT2D eigenvalue weighted by atomic mass is 10.1. The molecule has 0 bridgehead atoms. The molecule has 4 nitrogen and oxygen atoms in total. The molecule has 114 valence electrons. The summed E-state index contributed by atoms with van der Waals surface area (Å²) in [6, 6.07) is 7.89. The van der Waals surface area contributed by atoms with Gasteiger partial charge >= 0.3 is 0 Å².